The lowest BCUT2D eigenvalue weighted by Crippen LogP contribution is -1.96. The third-order valence-corrected chi connectivity index (χ3v) is 1.75. The van der Waals surface area contributed by atoms with Gasteiger partial charge in [-0.05, 0) is 25.0 Å². The molecule has 1 aromatic carbocycles. The van der Waals surface area contributed by atoms with Crippen molar-refractivity contribution >= 4 is 6.29 Å². The van der Waals surface area contributed by atoms with Crippen molar-refractivity contribution in [3.8, 4) is 0 Å². The number of allylic oxidation sites excluding steroid dienone is 1. The molecule has 0 unspecified atom stereocenters. The largest absolute Gasteiger partial charge is 0.298 e. The minimum Gasteiger partial charge on any atom is -0.298 e. The Hall–Kier alpha value is -1.44. The third-order valence-electron chi connectivity index (χ3n) is 1.75. The fraction of sp³-hybridized carbons (Fsp3) is 0.182. The van der Waals surface area contributed by atoms with Gasteiger partial charge in [0.05, 0.1) is 5.56 Å². The van der Waals surface area contributed by atoms with E-state index in [2.05, 4.69) is 6.58 Å². The van der Waals surface area contributed by atoms with Gasteiger partial charge in [0, 0.05) is 0 Å². The zero-order chi connectivity index (χ0) is 9.84. The lowest BCUT2D eigenvalue weighted by atomic mass is 10.0. The van der Waals surface area contributed by atoms with Crippen LogP contribution in [0.2, 0.25) is 0 Å². The molecular formula is C11H11FO. The number of halogens is 1. The quantitative estimate of drug-likeness (QED) is 0.513. The van der Waals surface area contributed by atoms with E-state index in [4.69, 9.17) is 0 Å². The summed E-state index contributed by atoms with van der Waals surface area (Å²) in [6.45, 7) is 5.56. The van der Waals surface area contributed by atoms with Gasteiger partial charge in [0.25, 0.3) is 0 Å². The Morgan fingerprint density at radius 3 is 2.85 bits per heavy atom. The molecule has 0 spiro atoms. The summed E-state index contributed by atoms with van der Waals surface area (Å²) in [6, 6.07) is 4.62. The van der Waals surface area contributed by atoms with Crippen LogP contribution in [0.25, 0.3) is 0 Å². The van der Waals surface area contributed by atoms with Gasteiger partial charge in [-0.3, -0.25) is 4.79 Å². The van der Waals surface area contributed by atoms with Crippen LogP contribution in [0.15, 0.2) is 30.4 Å². The molecule has 2 heteroatoms. The summed E-state index contributed by atoms with van der Waals surface area (Å²) in [6.07, 6.45) is 1.10. The number of carbonyl (C=O) groups excluding carboxylic acids is 1. The van der Waals surface area contributed by atoms with Crippen LogP contribution in [-0.2, 0) is 6.42 Å². The van der Waals surface area contributed by atoms with E-state index in [1.807, 2.05) is 6.92 Å². The average Bonchev–Trinajstić information content (AvgIpc) is 2.03. The molecule has 0 radical (unpaired) electrons. The monoisotopic (exact) mass is 178 g/mol. The minimum absolute atomic E-state index is 0.144. The maximum absolute atomic E-state index is 13.0. The van der Waals surface area contributed by atoms with Crippen molar-refractivity contribution in [3.63, 3.8) is 0 Å². The second-order valence-corrected chi connectivity index (χ2v) is 3.06. The van der Waals surface area contributed by atoms with Crippen LogP contribution in [0.1, 0.15) is 22.8 Å². The summed E-state index contributed by atoms with van der Waals surface area (Å²) < 4.78 is 13.0. The smallest absolute Gasteiger partial charge is 0.153 e. The Morgan fingerprint density at radius 1 is 1.62 bits per heavy atom. The van der Waals surface area contributed by atoms with Crippen LogP contribution in [0, 0.1) is 5.82 Å². The minimum atomic E-state index is -0.464. The van der Waals surface area contributed by atoms with E-state index in [0.29, 0.717) is 18.3 Å². The Bertz CT molecular complexity index is 342. The molecule has 0 fully saturated rings. The third kappa shape index (κ3) is 2.25. The number of carbonyl (C=O) groups is 1. The highest BCUT2D eigenvalue weighted by atomic mass is 19.1. The van der Waals surface area contributed by atoms with Gasteiger partial charge < -0.3 is 0 Å². The van der Waals surface area contributed by atoms with E-state index >= 15 is 0 Å². The molecule has 1 rings (SSSR count). The van der Waals surface area contributed by atoms with Gasteiger partial charge in [0.1, 0.15) is 5.82 Å². The van der Waals surface area contributed by atoms with Crippen molar-refractivity contribution in [1.29, 1.82) is 0 Å². The van der Waals surface area contributed by atoms with Crippen LogP contribution in [-0.4, -0.2) is 6.29 Å². The molecule has 0 heterocycles. The van der Waals surface area contributed by atoms with Crippen molar-refractivity contribution in [2.75, 3.05) is 0 Å². The van der Waals surface area contributed by atoms with Crippen LogP contribution in [0.4, 0.5) is 4.39 Å². The van der Waals surface area contributed by atoms with E-state index in [9.17, 15) is 9.18 Å². The first-order chi connectivity index (χ1) is 6.15. The van der Waals surface area contributed by atoms with E-state index in [-0.39, 0.29) is 5.56 Å². The van der Waals surface area contributed by atoms with E-state index in [0.717, 1.165) is 5.57 Å². The second-order valence-electron chi connectivity index (χ2n) is 3.06. The first-order valence-corrected chi connectivity index (χ1v) is 4.02. The predicted octanol–water partition coefficient (Wildman–Crippen LogP) is 2.76. The van der Waals surface area contributed by atoms with Gasteiger partial charge in [-0.25, -0.2) is 4.39 Å². The normalized spacial score (nSPS) is 9.69. The van der Waals surface area contributed by atoms with Gasteiger partial charge in [0.15, 0.2) is 6.29 Å². The molecule has 0 aromatic heterocycles. The van der Waals surface area contributed by atoms with Gasteiger partial charge >= 0.3 is 0 Å². The summed E-state index contributed by atoms with van der Waals surface area (Å²) in [4.78, 5) is 10.6. The highest BCUT2D eigenvalue weighted by molar-refractivity contribution is 5.77. The SMILES string of the molecule is C=C(C)Cc1cccc(F)c1C=O. The molecule has 0 N–H and O–H groups in total. The fourth-order valence-electron chi connectivity index (χ4n) is 1.19. The molecule has 13 heavy (non-hydrogen) atoms. The number of hydrogen-bond acceptors (Lipinski definition) is 1. The van der Waals surface area contributed by atoms with Crippen molar-refractivity contribution in [3.05, 3.63) is 47.3 Å². The Morgan fingerprint density at radius 2 is 2.31 bits per heavy atom. The molecular weight excluding hydrogens is 167 g/mol. The van der Waals surface area contributed by atoms with Crippen LogP contribution in [0.5, 0.6) is 0 Å². The summed E-state index contributed by atoms with van der Waals surface area (Å²) in [5.74, 6) is -0.464. The average molecular weight is 178 g/mol. The van der Waals surface area contributed by atoms with Crippen molar-refractivity contribution in [2.24, 2.45) is 0 Å². The summed E-state index contributed by atoms with van der Waals surface area (Å²) in [7, 11) is 0. The molecule has 0 aliphatic heterocycles. The van der Waals surface area contributed by atoms with E-state index in [1.165, 1.54) is 6.07 Å². The lowest BCUT2D eigenvalue weighted by Gasteiger charge is -2.04. The zero-order valence-corrected chi connectivity index (χ0v) is 7.51. The number of benzene rings is 1. The van der Waals surface area contributed by atoms with Crippen molar-refractivity contribution < 1.29 is 9.18 Å². The number of aldehydes is 1. The molecule has 0 aliphatic rings. The van der Waals surface area contributed by atoms with Crippen LogP contribution >= 0.6 is 0 Å². The maximum atomic E-state index is 13.0. The Labute approximate surface area is 76.9 Å². The standard InChI is InChI=1S/C11H11FO/c1-8(2)6-9-4-3-5-11(12)10(9)7-13/h3-5,7H,1,6H2,2H3. The molecule has 1 aromatic rings. The van der Waals surface area contributed by atoms with E-state index in [1.54, 1.807) is 12.1 Å². The van der Waals surface area contributed by atoms with Gasteiger partial charge in [-0.2, -0.15) is 0 Å². The van der Waals surface area contributed by atoms with E-state index < -0.39 is 5.82 Å². The Kier molecular flexibility index (Phi) is 2.96. The molecule has 0 atom stereocenters. The summed E-state index contributed by atoms with van der Waals surface area (Å²) >= 11 is 0. The first kappa shape index (κ1) is 9.65. The highest BCUT2D eigenvalue weighted by Crippen LogP contribution is 2.14. The molecule has 0 bridgehead atoms. The highest BCUT2D eigenvalue weighted by Gasteiger charge is 2.06. The second kappa shape index (κ2) is 3.99. The number of hydrogen-bond donors (Lipinski definition) is 0. The first-order valence-electron chi connectivity index (χ1n) is 4.02. The molecule has 68 valence electrons. The lowest BCUT2D eigenvalue weighted by molar-refractivity contribution is 0.111. The summed E-state index contributed by atoms with van der Waals surface area (Å²) in [5.41, 5.74) is 1.75. The molecule has 1 nitrogen and oxygen atoms in total. The summed E-state index contributed by atoms with van der Waals surface area (Å²) in [5, 5.41) is 0. The topological polar surface area (TPSA) is 17.1 Å². The fourth-order valence-corrected chi connectivity index (χ4v) is 1.19. The Balaban J connectivity index is 3.12. The molecule has 0 aliphatic carbocycles. The molecule has 0 saturated heterocycles. The number of rotatable bonds is 3. The zero-order valence-electron chi connectivity index (χ0n) is 7.51. The van der Waals surface area contributed by atoms with Crippen LogP contribution in [0.3, 0.4) is 0 Å². The van der Waals surface area contributed by atoms with Crippen LogP contribution < -0.4 is 0 Å². The molecule has 0 amide bonds. The van der Waals surface area contributed by atoms with Gasteiger partial charge in [0.2, 0.25) is 0 Å². The maximum Gasteiger partial charge on any atom is 0.153 e. The van der Waals surface area contributed by atoms with Gasteiger partial charge in [-0.1, -0.05) is 24.3 Å². The molecule has 0 saturated carbocycles. The van der Waals surface area contributed by atoms with Crippen molar-refractivity contribution in [2.45, 2.75) is 13.3 Å². The predicted molar refractivity (Wildman–Crippen MR) is 50.3 cm³/mol. The van der Waals surface area contributed by atoms with Crippen molar-refractivity contribution in [1.82, 2.24) is 0 Å². The van der Waals surface area contributed by atoms with Gasteiger partial charge in [-0.15, -0.1) is 0 Å².